The minimum absolute atomic E-state index is 0.273. The summed E-state index contributed by atoms with van der Waals surface area (Å²) in [7, 11) is 1.50. The Balaban J connectivity index is 0. The van der Waals surface area contributed by atoms with Crippen LogP contribution in [0.3, 0.4) is 0 Å². The lowest BCUT2D eigenvalue weighted by atomic mass is 10.2. The second-order valence-electron chi connectivity index (χ2n) is 2.96. The van der Waals surface area contributed by atoms with Gasteiger partial charge in [-0.15, -0.1) is 0 Å². The average molecular weight is 175 g/mol. The van der Waals surface area contributed by atoms with Gasteiger partial charge in [-0.2, -0.15) is 0 Å². The maximum absolute atomic E-state index is 5.51. The van der Waals surface area contributed by atoms with Crippen molar-refractivity contribution in [3.63, 3.8) is 0 Å². The van der Waals surface area contributed by atoms with Crippen molar-refractivity contribution < 1.29 is 0 Å². The molecule has 0 aromatic carbocycles. The van der Waals surface area contributed by atoms with Gasteiger partial charge >= 0.3 is 0 Å². The molecule has 1 rings (SSSR count). The summed E-state index contributed by atoms with van der Waals surface area (Å²) in [5.74, 6) is 0. The molecule has 0 aromatic rings. The molecule has 3 heteroatoms. The summed E-state index contributed by atoms with van der Waals surface area (Å²) in [5.41, 5.74) is 10.0. The maximum atomic E-state index is 5.51. The minimum atomic E-state index is 0.273. The van der Waals surface area contributed by atoms with Gasteiger partial charge in [-0.25, -0.2) is 0 Å². The largest absolute Gasteiger partial charge is 0.333 e. The first-order valence-corrected chi connectivity index (χ1v) is 4.80. The minimum Gasteiger partial charge on any atom is -0.333 e. The number of rotatable bonds is 0. The zero-order valence-electron chi connectivity index (χ0n) is 8.93. The van der Waals surface area contributed by atoms with Crippen LogP contribution in [0.25, 0.3) is 0 Å². The van der Waals surface area contributed by atoms with Gasteiger partial charge in [0.25, 0.3) is 0 Å². The molecule has 0 aromatic heterocycles. The standard InChI is InChI=1S/C5H12N2.C3H8.CH5N/c1-4-2-3-5(6)7-4;1-3-2;1-2/h4-5,7H,2-3,6H2,1H3;3H2,1-2H3;2H2,1H3. The molecule has 1 saturated heterocycles. The Morgan fingerprint density at radius 2 is 1.67 bits per heavy atom. The fourth-order valence-electron chi connectivity index (χ4n) is 0.962. The molecule has 2 atom stereocenters. The van der Waals surface area contributed by atoms with Crippen LogP contribution in [0.2, 0.25) is 0 Å². The van der Waals surface area contributed by atoms with E-state index in [-0.39, 0.29) is 6.17 Å². The molecule has 12 heavy (non-hydrogen) atoms. The Bertz CT molecular complexity index is 68.2. The molecular weight excluding hydrogens is 150 g/mol. The predicted octanol–water partition coefficient (Wildman–Crippen LogP) is 1.03. The van der Waals surface area contributed by atoms with Crippen LogP contribution >= 0.6 is 0 Å². The van der Waals surface area contributed by atoms with Gasteiger partial charge in [0.05, 0.1) is 6.17 Å². The average Bonchev–Trinajstić information content (AvgIpc) is 2.40. The molecule has 0 saturated carbocycles. The summed E-state index contributed by atoms with van der Waals surface area (Å²) in [6.45, 7) is 6.41. The van der Waals surface area contributed by atoms with E-state index < -0.39 is 0 Å². The van der Waals surface area contributed by atoms with Crippen molar-refractivity contribution in [3.8, 4) is 0 Å². The molecule has 5 N–H and O–H groups in total. The van der Waals surface area contributed by atoms with Gasteiger partial charge in [0, 0.05) is 6.04 Å². The van der Waals surface area contributed by atoms with E-state index in [1.54, 1.807) is 0 Å². The molecule has 0 aliphatic carbocycles. The van der Waals surface area contributed by atoms with E-state index in [0.29, 0.717) is 6.04 Å². The SMILES string of the molecule is CC1CCC(N)N1.CCC.CN. The molecular formula is C9H25N3. The van der Waals surface area contributed by atoms with Crippen LogP contribution in [0.15, 0.2) is 0 Å². The zero-order chi connectivity index (χ0) is 9.98. The summed E-state index contributed by atoms with van der Waals surface area (Å²) >= 11 is 0. The third-order valence-electron chi connectivity index (χ3n) is 1.41. The van der Waals surface area contributed by atoms with Crippen molar-refractivity contribution in [2.75, 3.05) is 7.05 Å². The molecule has 76 valence electrons. The molecule has 2 unspecified atom stereocenters. The highest BCUT2D eigenvalue weighted by Gasteiger charge is 2.14. The van der Waals surface area contributed by atoms with E-state index in [0.717, 1.165) is 6.42 Å². The van der Waals surface area contributed by atoms with Crippen LogP contribution in [0.4, 0.5) is 0 Å². The first-order chi connectivity index (χ1) is 5.70. The smallest absolute Gasteiger partial charge is 0.0548 e. The highest BCUT2D eigenvalue weighted by atomic mass is 15.1. The number of hydrogen-bond acceptors (Lipinski definition) is 3. The van der Waals surface area contributed by atoms with E-state index in [9.17, 15) is 0 Å². The van der Waals surface area contributed by atoms with Crippen LogP contribution in [-0.4, -0.2) is 19.3 Å². The lowest BCUT2D eigenvalue weighted by molar-refractivity contribution is 0.578. The summed E-state index contributed by atoms with van der Waals surface area (Å²) in [5, 5.41) is 3.19. The zero-order valence-corrected chi connectivity index (χ0v) is 8.93. The van der Waals surface area contributed by atoms with Crippen LogP contribution in [0.5, 0.6) is 0 Å². The van der Waals surface area contributed by atoms with Crippen molar-refractivity contribution in [1.29, 1.82) is 0 Å². The van der Waals surface area contributed by atoms with Crippen molar-refractivity contribution in [2.45, 2.75) is 52.2 Å². The molecule has 0 bridgehead atoms. The fraction of sp³-hybridized carbons (Fsp3) is 1.00. The lowest BCUT2D eigenvalue weighted by Crippen LogP contribution is -2.34. The molecule has 1 heterocycles. The van der Waals surface area contributed by atoms with E-state index in [1.807, 2.05) is 0 Å². The van der Waals surface area contributed by atoms with Crippen LogP contribution in [-0.2, 0) is 0 Å². The third kappa shape index (κ3) is 9.88. The van der Waals surface area contributed by atoms with E-state index in [2.05, 4.69) is 31.8 Å². The van der Waals surface area contributed by atoms with Gasteiger partial charge in [0.2, 0.25) is 0 Å². The Morgan fingerprint density at radius 1 is 1.25 bits per heavy atom. The normalized spacial score (nSPS) is 26.5. The quantitative estimate of drug-likeness (QED) is 0.515. The van der Waals surface area contributed by atoms with Crippen LogP contribution in [0.1, 0.15) is 40.0 Å². The highest BCUT2D eigenvalue weighted by Crippen LogP contribution is 2.06. The summed E-state index contributed by atoms with van der Waals surface area (Å²) < 4.78 is 0. The van der Waals surface area contributed by atoms with Crippen molar-refractivity contribution in [2.24, 2.45) is 11.5 Å². The monoisotopic (exact) mass is 175 g/mol. The van der Waals surface area contributed by atoms with Gasteiger partial charge in [0.15, 0.2) is 0 Å². The number of hydrogen-bond donors (Lipinski definition) is 3. The van der Waals surface area contributed by atoms with Gasteiger partial charge in [-0.1, -0.05) is 20.3 Å². The second kappa shape index (κ2) is 10.9. The van der Waals surface area contributed by atoms with E-state index >= 15 is 0 Å². The Morgan fingerprint density at radius 3 is 1.75 bits per heavy atom. The first kappa shape index (κ1) is 14.4. The van der Waals surface area contributed by atoms with E-state index in [1.165, 1.54) is 19.9 Å². The Labute approximate surface area is 76.9 Å². The van der Waals surface area contributed by atoms with Crippen LogP contribution < -0.4 is 16.8 Å². The summed E-state index contributed by atoms with van der Waals surface area (Å²) in [4.78, 5) is 0. The lowest BCUT2D eigenvalue weighted by Gasteiger charge is -2.02. The summed E-state index contributed by atoms with van der Waals surface area (Å²) in [6, 6.07) is 0.648. The van der Waals surface area contributed by atoms with Crippen LogP contribution in [0, 0.1) is 0 Å². The Hall–Kier alpha value is -0.120. The molecule has 1 fully saturated rings. The van der Waals surface area contributed by atoms with Crippen molar-refractivity contribution >= 4 is 0 Å². The second-order valence-corrected chi connectivity index (χ2v) is 2.96. The first-order valence-electron chi connectivity index (χ1n) is 4.80. The highest BCUT2D eigenvalue weighted by molar-refractivity contribution is 4.75. The van der Waals surface area contributed by atoms with E-state index in [4.69, 9.17) is 5.73 Å². The maximum Gasteiger partial charge on any atom is 0.0548 e. The molecule has 1 aliphatic heterocycles. The predicted molar refractivity (Wildman–Crippen MR) is 55.9 cm³/mol. The molecule has 1 aliphatic rings. The molecule has 0 radical (unpaired) electrons. The van der Waals surface area contributed by atoms with Crippen molar-refractivity contribution in [1.82, 2.24) is 5.32 Å². The summed E-state index contributed by atoms with van der Waals surface area (Å²) in [6.07, 6.45) is 3.90. The molecule has 0 spiro atoms. The van der Waals surface area contributed by atoms with Crippen molar-refractivity contribution in [3.05, 3.63) is 0 Å². The number of nitrogens with one attached hydrogen (secondary N) is 1. The van der Waals surface area contributed by atoms with Gasteiger partial charge in [-0.05, 0) is 26.8 Å². The molecule has 0 amide bonds. The number of nitrogens with two attached hydrogens (primary N) is 2. The fourth-order valence-corrected chi connectivity index (χ4v) is 0.962. The third-order valence-corrected chi connectivity index (χ3v) is 1.41. The van der Waals surface area contributed by atoms with Gasteiger partial charge in [0.1, 0.15) is 0 Å². The molecule has 3 nitrogen and oxygen atoms in total. The Kier molecular flexibility index (Phi) is 13.1. The van der Waals surface area contributed by atoms with Gasteiger partial charge < -0.3 is 11.5 Å². The van der Waals surface area contributed by atoms with Gasteiger partial charge in [-0.3, -0.25) is 5.32 Å². The topological polar surface area (TPSA) is 64.1 Å².